The average Bonchev–Trinajstić information content (AvgIpc) is 3.25. The van der Waals surface area contributed by atoms with Gasteiger partial charge >= 0.3 is 0 Å². The van der Waals surface area contributed by atoms with Crippen LogP contribution in [0, 0.1) is 6.92 Å². The number of hydrogen-bond donors (Lipinski definition) is 2. The highest BCUT2D eigenvalue weighted by Gasteiger charge is 2.37. The van der Waals surface area contributed by atoms with Gasteiger partial charge in [0.25, 0.3) is 5.91 Å². The molecular formula is C22H23ClN2O2. The third kappa shape index (κ3) is 3.35. The van der Waals surface area contributed by atoms with Crippen LogP contribution >= 0.6 is 11.6 Å². The van der Waals surface area contributed by atoms with E-state index in [0.29, 0.717) is 18.2 Å². The Morgan fingerprint density at radius 1 is 1.30 bits per heavy atom. The van der Waals surface area contributed by atoms with E-state index in [1.807, 2.05) is 37.3 Å². The van der Waals surface area contributed by atoms with E-state index in [2.05, 4.69) is 29.4 Å². The third-order valence-electron chi connectivity index (χ3n) is 5.41. The number of benzene rings is 2. The van der Waals surface area contributed by atoms with E-state index in [4.69, 9.17) is 16.3 Å². The molecule has 1 amide bonds. The average molecular weight is 383 g/mol. The Kier molecular flexibility index (Phi) is 4.70. The van der Waals surface area contributed by atoms with Gasteiger partial charge in [0, 0.05) is 29.3 Å². The zero-order valence-corrected chi connectivity index (χ0v) is 16.3. The maximum absolute atomic E-state index is 12.6. The first kappa shape index (κ1) is 18.1. The van der Waals surface area contributed by atoms with Crippen LogP contribution in [0.4, 0.5) is 0 Å². The molecule has 4 nitrogen and oxygen atoms in total. The highest BCUT2D eigenvalue weighted by atomic mass is 35.5. The Hall–Kier alpha value is -2.30. The number of fused-ring (bicyclic) bond motifs is 1. The minimum absolute atomic E-state index is 0.0697. The number of aromatic amines is 1. The molecule has 0 radical (unpaired) electrons. The fourth-order valence-corrected chi connectivity index (χ4v) is 4.05. The highest BCUT2D eigenvalue weighted by Crippen LogP contribution is 2.33. The van der Waals surface area contributed by atoms with Crippen molar-refractivity contribution < 1.29 is 9.53 Å². The summed E-state index contributed by atoms with van der Waals surface area (Å²) < 4.78 is 5.64. The number of rotatable bonds is 4. The van der Waals surface area contributed by atoms with Crippen LogP contribution in [0.15, 0.2) is 42.5 Å². The molecule has 2 N–H and O–H groups in total. The minimum atomic E-state index is -0.724. The quantitative estimate of drug-likeness (QED) is 0.668. The summed E-state index contributed by atoms with van der Waals surface area (Å²) in [7, 11) is 0. The second-order valence-corrected chi connectivity index (χ2v) is 7.78. The van der Waals surface area contributed by atoms with Gasteiger partial charge in [0.1, 0.15) is 5.60 Å². The van der Waals surface area contributed by atoms with E-state index in [-0.39, 0.29) is 5.91 Å². The van der Waals surface area contributed by atoms with E-state index < -0.39 is 5.60 Å². The Morgan fingerprint density at radius 2 is 2.07 bits per heavy atom. The van der Waals surface area contributed by atoms with Crippen LogP contribution in [0.25, 0.3) is 22.2 Å². The first-order valence-corrected chi connectivity index (χ1v) is 9.64. The molecule has 1 fully saturated rings. The van der Waals surface area contributed by atoms with E-state index in [0.717, 1.165) is 46.1 Å². The largest absolute Gasteiger partial charge is 0.365 e. The Balaban J connectivity index is 1.67. The van der Waals surface area contributed by atoms with Crippen molar-refractivity contribution in [3.63, 3.8) is 0 Å². The maximum Gasteiger partial charge on any atom is 0.252 e. The standard InChI is InChI=1S/C22H23ClN2O2/c1-14-18-12-17(23)11-16(13-24-21(26)22(2)9-6-10-27-22)20(18)25-19(14)15-7-4-3-5-8-15/h3-5,7-8,11-12,25H,6,9-10,13H2,1-2H3,(H,24,26)/t22-/m0/s1. The number of aromatic nitrogens is 1. The summed E-state index contributed by atoms with van der Waals surface area (Å²) >= 11 is 6.37. The van der Waals surface area contributed by atoms with Gasteiger partial charge in [0.15, 0.2) is 0 Å². The molecule has 1 aliphatic rings. The molecule has 3 aromatic rings. The minimum Gasteiger partial charge on any atom is -0.365 e. The molecule has 2 aromatic carbocycles. The van der Waals surface area contributed by atoms with Crippen LogP contribution in [0.2, 0.25) is 5.02 Å². The van der Waals surface area contributed by atoms with Gasteiger partial charge in [-0.05, 0) is 55.5 Å². The molecule has 5 heteroatoms. The SMILES string of the molecule is Cc1c(-c2ccccc2)[nH]c2c(CNC(=O)[C@]3(C)CCCO3)cc(Cl)cc12. The molecule has 0 bridgehead atoms. The molecule has 1 atom stereocenters. The van der Waals surface area contributed by atoms with Crippen molar-refractivity contribution in [3.05, 3.63) is 58.6 Å². The maximum atomic E-state index is 12.6. The van der Waals surface area contributed by atoms with Crippen LogP contribution in [-0.2, 0) is 16.1 Å². The predicted octanol–water partition coefficient (Wildman–Crippen LogP) is 4.98. The smallest absolute Gasteiger partial charge is 0.252 e. The van der Waals surface area contributed by atoms with E-state index in [9.17, 15) is 4.79 Å². The number of aryl methyl sites for hydroxylation is 1. The summed E-state index contributed by atoms with van der Waals surface area (Å²) in [5.41, 5.74) is 4.61. The Bertz CT molecular complexity index is 988. The van der Waals surface area contributed by atoms with Crippen LogP contribution < -0.4 is 5.32 Å². The topological polar surface area (TPSA) is 54.1 Å². The van der Waals surface area contributed by atoms with Gasteiger partial charge in [-0.3, -0.25) is 4.79 Å². The first-order valence-electron chi connectivity index (χ1n) is 9.26. The number of carbonyl (C=O) groups is 1. The normalized spacial score (nSPS) is 19.5. The lowest BCUT2D eigenvalue weighted by atomic mass is 10.0. The predicted molar refractivity (Wildman–Crippen MR) is 109 cm³/mol. The Morgan fingerprint density at radius 3 is 2.78 bits per heavy atom. The first-order chi connectivity index (χ1) is 13.0. The van der Waals surface area contributed by atoms with Gasteiger partial charge in [0.05, 0.1) is 5.52 Å². The molecule has 4 rings (SSSR count). The fourth-order valence-electron chi connectivity index (χ4n) is 3.81. The monoisotopic (exact) mass is 382 g/mol. The Labute approximate surface area is 163 Å². The van der Waals surface area contributed by atoms with Crippen molar-refractivity contribution in [2.24, 2.45) is 0 Å². The number of amides is 1. The van der Waals surface area contributed by atoms with Gasteiger partial charge < -0.3 is 15.0 Å². The molecule has 140 valence electrons. The van der Waals surface area contributed by atoms with E-state index in [1.165, 1.54) is 0 Å². The third-order valence-corrected chi connectivity index (χ3v) is 5.63. The lowest BCUT2D eigenvalue weighted by molar-refractivity contribution is -0.139. The molecule has 0 spiro atoms. The van der Waals surface area contributed by atoms with Crippen molar-refractivity contribution in [1.82, 2.24) is 10.3 Å². The van der Waals surface area contributed by atoms with Crippen molar-refractivity contribution in [2.75, 3.05) is 6.61 Å². The number of H-pyrrole nitrogens is 1. The number of hydrogen-bond acceptors (Lipinski definition) is 2. The molecule has 1 saturated heterocycles. The molecular weight excluding hydrogens is 360 g/mol. The lowest BCUT2D eigenvalue weighted by Gasteiger charge is -2.22. The zero-order chi connectivity index (χ0) is 19.0. The molecule has 0 aliphatic carbocycles. The van der Waals surface area contributed by atoms with Gasteiger partial charge in [0.2, 0.25) is 0 Å². The highest BCUT2D eigenvalue weighted by molar-refractivity contribution is 6.31. The van der Waals surface area contributed by atoms with Crippen molar-refractivity contribution >= 4 is 28.4 Å². The van der Waals surface area contributed by atoms with Crippen LogP contribution in [0.3, 0.4) is 0 Å². The van der Waals surface area contributed by atoms with Crippen molar-refractivity contribution in [1.29, 1.82) is 0 Å². The van der Waals surface area contributed by atoms with Crippen molar-refractivity contribution in [2.45, 2.75) is 38.8 Å². The van der Waals surface area contributed by atoms with Gasteiger partial charge in [-0.1, -0.05) is 41.9 Å². The van der Waals surface area contributed by atoms with Gasteiger partial charge in [-0.25, -0.2) is 0 Å². The van der Waals surface area contributed by atoms with Crippen LogP contribution in [-0.4, -0.2) is 23.1 Å². The summed E-state index contributed by atoms with van der Waals surface area (Å²) in [6.45, 7) is 4.99. The molecule has 2 heterocycles. The summed E-state index contributed by atoms with van der Waals surface area (Å²) in [6.07, 6.45) is 1.67. The summed E-state index contributed by atoms with van der Waals surface area (Å²) in [6, 6.07) is 14.1. The van der Waals surface area contributed by atoms with Crippen molar-refractivity contribution in [3.8, 4) is 11.3 Å². The fraction of sp³-hybridized carbons (Fsp3) is 0.318. The molecule has 1 aliphatic heterocycles. The number of ether oxygens (including phenoxy) is 1. The van der Waals surface area contributed by atoms with E-state index in [1.54, 1.807) is 0 Å². The molecule has 0 unspecified atom stereocenters. The summed E-state index contributed by atoms with van der Waals surface area (Å²) in [5, 5.41) is 4.77. The lowest BCUT2D eigenvalue weighted by Crippen LogP contribution is -2.43. The number of halogens is 1. The molecule has 27 heavy (non-hydrogen) atoms. The van der Waals surface area contributed by atoms with Crippen LogP contribution in [0.5, 0.6) is 0 Å². The second-order valence-electron chi connectivity index (χ2n) is 7.34. The second kappa shape index (κ2) is 7.02. The zero-order valence-electron chi connectivity index (χ0n) is 15.6. The molecule has 0 saturated carbocycles. The van der Waals surface area contributed by atoms with E-state index >= 15 is 0 Å². The van der Waals surface area contributed by atoms with Gasteiger partial charge in [-0.2, -0.15) is 0 Å². The number of carbonyl (C=O) groups excluding carboxylic acids is 1. The molecule has 1 aromatic heterocycles. The van der Waals surface area contributed by atoms with Gasteiger partial charge in [-0.15, -0.1) is 0 Å². The van der Waals surface area contributed by atoms with Crippen LogP contribution in [0.1, 0.15) is 30.9 Å². The summed E-state index contributed by atoms with van der Waals surface area (Å²) in [4.78, 5) is 16.1. The number of nitrogens with one attached hydrogen (secondary N) is 2. The summed E-state index contributed by atoms with van der Waals surface area (Å²) in [5.74, 6) is -0.0697.